The number of carbonyl (C=O) groups excluding carboxylic acids is 2. The normalized spacial score (nSPS) is 19.7. The third-order valence-electron chi connectivity index (χ3n) is 9.31. The number of aliphatic hydroxyl groups excluding tert-OH is 1. The number of rotatable bonds is 8. The second kappa shape index (κ2) is 17.3. The molecule has 0 aromatic heterocycles. The van der Waals surface area contributed by atoms with Gasteiger partial charge in [-0.15, -0.1) is 0 Å². The summed E-state index contributed by atoms with van der Waals surface area (Å²) in [7, 11) is -2.52. The number of likely N-dealkylation sites (N-methyl/N-ethyl adjacent to an activating group) is 1. The predicted octanol–water partition coefficient (Wildman–Crippen LogP) is 6.74. The van der Waals surface area contributed by atoms with E-state index in [1.165, 1.54) is 28.4 Å². The fraction of sp³-hybridized carbons (Fsp3) is 0.385. The van der Waals surface area contributed by atoms with Crippen molar-refractivity contribution in [3.05, 3.63) is 96.3 Å². The number of aliphatic hydroxyl groups is 1. The van der Waals surface area contributed by atoms with Crippen molar-refractivity contribution >= 4 is 44.1 Å². The van der Waals surface area contributed by atoms with Crippen LogP contribution in [0.1, 0.15) is 50.4 Å². The molecule has 0 aliphatic carbocycles. The minimum atomic E-state index is -3.97. The highest BCUT2D eigenvalue weighted by molar-refractivity contribution is 7.89. The Balaban J connectivity index is 1.41. The molecule has 4 aromatic rings. The van der Waals surface area contributed by atoms with Gasteiger partial charge in [-0.05, 0) is 87.0 Å². The van der Waals surface area contributed by atoms with E-state index in [1.54, 1.807) is 25.1 Å². The SMILES string of the molecule is C[C@H](CO)N1C[C@H](C)[C@H](CN(C)S(=O)(=O)c2ccc(F)cc2)OCCCC[C@H](C)Oc2ccc(NC(=O)Nc3cccc4ccccc34)cc2C1=O. The molecule has 5 rings (SSSR count). The second-order valence-electron chi connectivity index (χ2n) is 13.4. The first kappa shape index (κ1) is 38.7. The summed E-state index contributed by atoms with van der Waals surface area (Å²) < 4.78 is 54.1. The topological polar surface area (TPSA) is 138 Å². The lowest BCUT2D eigenvalue weighted by molar-refractivity contribution is -0.00834. The number of anilines is 2. The van der Waals surface area contributed by atoms with Crippen LogP contribution in [0.25, 0.3) is 10.8 Å². The third kappa shape index (κ3) is 9.45. The van der Waals surface area contributed by atoms with Crippen LogP contribution in [0.5, 0.6) is 5.75 Å². The summed E-state index contributed by atoms with van der Waals surface area (Å²) in [5.41, 5.74) is 1.19. The molecule has 0 fully saturated rings. The molecule has 0 unspecified atom stereocenters. The van der Waals surface area contributed by atoms with Crippen LogP contribution in [0.2, 0.25) is 0 Å². The Morgan fingerprint density at radius 1 is 1.02 bits per heavy atom. The van der Waals surface area contributed by atoms with Crippen molar-refractivity contribution in [1.29, 1.82) is 0 Å². The molecule has 0 bridgehead atoms. The Hall–Kier alpha value is -4.56. The number of halogens is 1. The van der Waals surface area contributed by atoms with Gasteiger partial charge in [0.1, 0.15) is 11.6 Å². The zero-order valence-corrected chi connectivity index (χ0v) is 30.7. The molecular formula is C39H47FN4O7S. The average molecular weight is 735 g/mol. The molecule has 278 valence electrons. The number of benzene rings is 4. The van der Waals surface area contributed by atoms with Crippen LogP contribution in [0.15, 0.2) is 89.8 Å². The summed E-state index contributed by atoms with van der Waals surface area (Å²) in [4.78, 5) is 29.1. The van der Waals surface area contributed by atoms with Crippen molar-refractivity contribution in [2.45, 2.75) is 63.2 Å². The number of fused-ring (bicyclic) bond motifs is 2. The molecule has 0 radical (unpaired) electrons. The van der Waals surface area contributed by atoms with Crippen LogP contribution in [0.3, 0.4) is 0 Å². The van der Waals surface area contributed by atoms with Gasteiger partial charge in [0.25, 0.3) is 5.91 Å². The summed E-state index contributed by atoms with van der Waals surface area (Å²) in [5, 5.41) is 17.9. The highest BCUT2D eigenvalue weighted by Gasteiger charge is 2.32. The fourth-order valence-electron chi connectivity index (χ4n) is 6.22. The molecule has 0 spiro atoms. The molecule has 1 heterocycles. The molecule has 52 heavy (non-hydrogen) atoms. The molecule has 0 saturated carbocycles. The van der Waals surface area contributed by atoms with Gasteiger partial charge in [0.15, 0.2) is 0 Å². The average Bonchev–Trinajstić information content (AvgIpc) is 3.13. The summed E-state index contributed by atoms with van der Waals surface area (Å²) in [5.74, 6) is -1.02. The quantitative estimate of drug-likeness (QED) is 0.182. The lowest BCUT2D eigenvalue weighted by Gasteiger charge is -2.35. The summed E-state index contributed by atoms with van der Waals surface area (Å²) in [6, 6.07) is 21.8. The zero-order chi connectivity index (χ0) is 37.4. The summed E-state index contributed by atoms with van der Waals surface area (Å²) >= 11 is 0. The minimum Gasteiger partial charge on any atom is -0.490 e. The van der Waals surface area contributed by atoms with Crippen molar-refractivity contribution < 1.29 is 37.0 Å². The third-order valence-corrected chi connectivity index (χ3v) is 11.1. The molecule has 3 N–H and O–H groups in total. The van der Waals surface area contributed by atoms with Gasteiger partial charge in [0.2, 0.25) is 10.0 Å². The Morgan fingerprint density at radius 3 is 2.50 bits per heavy atom. The van der Waals surface area contributed by atoms with Gasteiger partial charge in [-0.25, -0.2) is 17.6 Å². The standard InChI is InChI=1S/C39H47FN4O7S/c1-26-23-44(27(2)25-45)38(46)34-22-31(41-39(47)42-35-14-9-12-29-11-5-6-13-33(29)35)17-20-36(34)51-28(3)10-7-8-21-50-37(26)24-43(4)52(48,49)32-18-15-30(40)16-19-32/h5-6,9,11-20,22,26-28,37,45H,7-8,10,21,23-25H2,1-4H3,(H2,41,42,47)/t26-,27+,28-,37-/m0/s1. The molecule has 1 aliphatic rings. The van der Waals surface area contributed by atoms with Gasteiger partial charge >= 0.3 is 6.03 Å². The van der Waals surface area contributed by atoms with E-state index in [2.05, 4.69) is 10.6 Å². The minimum absolute atomic E-state index is 0.0214. The van der Waals surface area contributed by atoms with E-state index < -0.39 is 39.9 Å². The van der Waals surface area contributed by atoms with Gasteiger partial charge in [0.05, 0.1) is 41.0 Å². The number of hydrogen-bond donors (Lipinski definition) is 3. The molecule has 1 aliphatic heterocycles. The predicted molar refractivity (Wildman–Crippen MR) is 200 cm³/mol. The van der Waals surface area contributed by atoms with Gasteiger partial charge in [-0.3, -0.25) is 4.79 Å². The maximum atomic E-state index is 14.5. The smallest absolute Gasteiger partial charge is 0.323 e. The number of urea groups is 1. The van der Waals surface area contributed by atoms with Gasteiger partial charge in [-0.1, -0.05) is 43.3 Å². The van der Waals surface area contributed by atoms with Crippen molar-refractivity contribution in [2.24, 2.45) is 5.92 Å². The Morgan fingerprint density at radius 2 is 1.75 bits per heavy atom. The summed E-state index contributed by atoms with van der Waals surface area (Å²) in [6.07, 6.45) is 1.25. The van der Waals surface area contributed by atoms with E-state index in [0.717, 1.165) is 29.3 Å². The first-order valence-electron chi connectivity index (χ1n) is 17.5. The van der Waals surface area contributed by atoms with Crippen molar-refractivity contribution in [2.75, 3.05) is 44.0 Å². The van der Waals surface area contributed by atoms with E-state index in [-0.39, 0.29) is 42.2 Å². The van der Waals surface area contributed by atoms with Crippen LogP contribution in [0, 0.1) is 11.7 Å². The van der Waals surface area contributed by atoms with Crippen LogP contribution in [-0.4, -0.2) is 86.3 Å². The lowest BCUT2D eigenvalue weighted by Crippen LogP contribution is -2.48. The van der Waals surface area contributed by atoms with Gasteiger partial charge in [-0.2, -0.15) is 4.31 Å². The fourth-order valence-corrected chi connectivity index (χ4v) is 7.40. The molecule has 0 saturated heterocycles. The zero-order valence-electron chi connectivity index (χ0n) is 29.9. The monoisotopic (exact) mass is 734 g/mol. The lowest BCUT2D eigenvalue weighted by atomic mass is 10.0. The van der Waals surface area contributed by atoms with Gasteiger partial charge < -0.3 is 30.1 Å². The van der Waals surface area contributed by atoms with E-state index in [4.69, 9.17) is 9.47 Å². The van der Waals surface area contributed by atoms with Crippen molar-refractivity contribution in [1.82, 2.24) is 9.21 Å². The number of nitrogens with one attached hydrogen (secondary N) is 2. The first-order valence-corrected chi connectivity index (χ1v) is 18.9. The highest BCUT2D eigenvalue weighted by atomic mass is 32.2. The van der Waals surface area contributed by atoms with Crippen molar-refractivity contribution in [3.8, 4) is 5.75 Å². The number of carbonyl (C=O) groups is 2. The van der Waals surface area contributed by atoms with Crippen LogP contribution in [0.4, 0.5) is 20.6 Å². The largest absolute Gasteiger partial charge is 0.490 e. The van der Waals surface area contributed by atoms with E-state index >= 15 is 0 Å². The molecular weight excluding hydrogens is 688 g/mol. The van der Waals surface area contributed by atoms with Gasteiger partial charge in [0, 0.05) is 43.7 Å². The Kier molecular flexibility index (Phi) is 12.9. The van der Waals surface area contributed by atoms with E-state index in [9.17, 15) is 27.5 Å². The van der Waals surface area contributed by atoms with Crippen molar-refractivity contribution in [3.63, 3.8) is 0 Å². The number of amides is 3. The molecule has 11 nitrogen and oxygen atoms in total. The maximum absolute atomic E-state index is 14.5. The summed E-state index contributed by atoms with van der Waals surface area (Å²) in [6.45, 7) is 5.63. The van der Waals surface area contributed by atoms with Crippen LogP contribution in [-0.2, 0) is 14.8 Å². The molecule has 3 amide bonds. The molecule has 13 heteroatoms. The van der Waals surface area contributed by atoms with Crippen LogP contribution >= 0.6 is 0 Å². The Labute approximate surface area is 304 Å². The Bertz CT molecular complexity index is 1950. The number of nitrogens with zero attached hydrogens (tertiary/aromatic N) is 2. The number of sulfonamides is 1. The number of ether oxygens (including phenoxy) is 2. The molecule has 4 atom stereocenters. The van der Waals surface area contributed by atoms with E-state index in [0.29, 0.717) is 36.6 Å². The first-order chi connectivity index (χ1) is 24.9. The second-order valence-corrected chi connectivity index (χ2v) is 15.4. The number of hydrogen-bond acceptors (Lipinski definition) is 7. The molecule has 4 aromatic carbocycles. The highest BCUT2D eigenvalue weighted by Crippen LogP contribution is 2.30. The van der Waals surface area contributed by atoms with E-state index in [1.807, 2.05) is 56.3 Å². The van der Waals surface area contributed by atoms with Crippen LogP contribution < -0.4 is 15.4 Å². The maximum Gasteiger partial charge on any atom is 0.323 e.